The van der Waals surface area contributed by atoms with Gasteiger partial charge in [0.2, 0.25) is 0 Å². The molecule has 2 aliphatic rings. The minimum atomic E-state index is -0.254. The largest absolute Gasteiger partial charge is 0.493 e. The van der Waals surface area contributed by atoms with Crippen molar-refractivity contribution in [3.63, 3.8) is 0 Å². The molecule has 8 heteroatoms. The molecule has 0 aliphatic carbocycles. The molecule has 2 saturated heterocycles. The monoisotopic (exact) mass is 453 g/mol. The van der Waals surface area contributed by atoms with Gasteiger partial charge in [0.05, 0.1) is 25.8 Å². The normalized spacial score (nSPS) is 18.5. The number of methoxy groups -OCH3 is 2. The van der Waals surface area contributed by atoms with E-state index in [1.165, 1.54) is 16.2 Å². The van der Waals surface area contributed by atoms with Crippen LogP contribution in [0.5, 0.6) is 11.5 Å². The number of benzene rings is 2. The molecule has 2 aromatic rings. The van der Waals surface area contributed by atoms with Crippen LogP contribution < -0.4 is 14.4 Å². The van der Waals surface area contributed by atoms with Crippen molar-refractivity contribution in [3.05, 3.63) is 58.5 Å². The lowest BCUT2D eigenvalue weighted by Gasteiger charge is -2.37. The first-order valence-electron chi connectivity index (χ1n) is 10.5. The van der Waals surface area contributed by atoms with Gasteiger partial charge in [0.15, 0.2) is 11.5 Å². The van der Waals surface area contributed by atoms with Crippen LogP contribution in [0.2, 0.25) is 0 Å². The van der Waals surface area contributed by atoms with Crippen LogP contribution in [0, 0.1) is 6.92 Å². The van der Waals surface area contributed by atoms with E-state index in [9.17, 15) is 9.59 Å². The number of amides is 2. The summed E-state index contributed by atoms with van der Waals surface area (Å²) in [5.74, 6) is 0.935. The Balaban J connectivity index is 1.38. The third-order valence-corrected chi connectivity index (χ3v) is 6.60. The van der Waals surface area contributed by atoms with Gasteiger partial charge in [0.25, 0.3) is 11.1 Å². The van der Waals surface area contributed by atoms with Gasteiger partial charge in [-0.2, -0.15) is 0 Å². The number of carbonyl (C=O) groups is 2. The summed E-state index contributed by atoms with van der Waals surface area (Å²) in [4.78, 5) is 31.7. The van der Waals surface area contributed by atoms with Crippen LogP contribution in [-0.2, 0) is 4.79 Å². The van der Waals surface area contributed by atoms with Crippen LogP contribution in [0.3, 0.4) is 0 Å². The minimum absolute atomic E-state index is 0.234. The fourth-order valence-corrected chi connectivity index (χ4v) is 4.65. The Labute approximate surface area is 192 Å². The van der Waals surface area contributed by atoms with Crippen molar-refractivity contribution in [2.75, 3.05) is 52.0 Å². The highest BCUT2D eigenvalue weighted by Crippen LogP contribution is 2.34. The zero-order valence-corrected chi connectivity index (χ0v) is 19.4. The highest BCUT2D eigenvalue weighted by atomic mass is 32.2. The van der Waals surface area contributed by atoms with E-state index in [4.69, 9.17) is 9.47 Å². The first-order chi connectivity index (χ1) is 15.5. The number of hydrogen-bond donors (Lipinski definition) is 0. The molecule has 0 N–H and O–H groups in total. The molecule has 32 heavy (non-hydrogen) atoms. The smallest absolute Gasteiger partial charge is 0.294 e. The summed E-state index contributed by atoms with van der Waals surface area (Å²) in [5, 5.41) is -0.234. The summed E-state index contributed by atoms with van der Waals surface area (Å²) in [5.41, 5.74) is 3.23. The molecule has 0 saturated carbocycles. The predicted molar refractivity (Wildman–Crippen MR) is 127 cm³/mol. The summed E-state index contributed by atoms with van der Waals surface area (Å²) >= 11 is 0.977. The van der Waals surface area contributed by atoms with Gasteiger partial charge < -0.3 is 14.4 Å². The molecular weight excluding hydrogens is 426 g/mol. The number of nitrogens with zero attached hydrogens (tertiary/aromatic N) is 3. The third-order valence-electron chi connectivity index (χ3n) is 5.69. The van der Waals surface area contributed by atoms with Gasteiger partial charge in [-0.3, -0.25) is 19.4 Å². The van der Waals surface area contributed by atoms with E-state index in [1.807, 2.05) is 6.07 Å². The topological polar surface area (TPSA) is 62.3 Å². The lowest BCUT2D eigenvalue weighted by molar-refractivity contribution is -0.124. The predicted octanol–water partition coefficient (Wildman–Crippen LogP) is 3.83. The molecule has 2 aromatic carbocycles. The average molecular weight is 454 g/mol. The second-order valence-corrected chi connectivity index (χ2v) is 8.80. The van der Waals surface area contributed by atoms with E-state index >= 15 is 0 Å². The Kier molecular flexibility index (Phi) is 6.72. The summed E-state index contributed by atoms with van der Waals surface area (Å²) in [7, 11) is 3.14. The maximum Gasteiger partial charge on any atom is 0.294 e. The van der Waals surface area contributed by atoms with Crippen molar-refractivity contribution >= 4 is 34.7 Å². The van der Waals surface area contributed by atoms with Crippen LogP contribution in [0.15, 0.2) is 47.4 Å². The van der Waals surface area contributed by atoms with E-state index in [2.05, 4.69) is 41.0 Å². The Morgan fingerprint density at radius 3 is 2.28 bits per heavy atom. The summed E-state index contributed by atoms with van der Waals surface area (Å²) < 4.78 is 10.6. The molecule has 0 radical (unpaired) electrons. The SMILES string of the molecule is COc1ccc(/C=C2/SC(=O)N(CN3CCN(c4ccc(C)cc4)CC3)C2=O)cc1OC. The van der Waals surface area contributed by atoms with Crippen molar-refractivity contribution in [2.45, 2.75) is 6.92 Å². The fourth-order valence-electron chi connectivity index (χ4n) is 3.82. The number of aryl methyl sites for hydroxylation is 1. The second kappa shape index (κ2) is 9.67. The van der Waals surface area contributed by atoms with Crippen LogP contribution in [0.25, 0.3) is 6.08 Å². The lowest BCUT2D eigenvalue weighted by Crippen LogP contribution is -2.50. The van der Waals surface area contributed by atoms with Gasteiger partial charge in [0.1, 0.15) is 0 Å². The Bertz CT molecular complexity index is 1030. The zero-order valence-electron chi connectivity index (χ0n) is 18.5. The number of piperazine rings is 1. The Morgan fingerprint density at radius 2 is 1.62 bits per heavy atom. The first-order valence-corrected chi connectivity index (χ1v) is 11.3. The first kappa shape index (κ1) is 22.2. The van der Waals surface area contributed by atoms with Crippen LogP contribution in [0.4, 0.5) is 10.5 Å². The number of carbonyl (C=O) groups excluding carboxylic acids is 2. The molecule has 0 unspecified atom stereocenters. The van der Waals surface area contributed by atoms with Crippen molar-refractivity contribution in [3.8, 4) is 11.5 Å². The number of thioether (sulfide) groups is 1. The van der Waals surface area contributed by atoms with Gasteiger partial charge in [0, 0.05) is 31.9 Å². The standard InChI is InChI=1S/C24H27N3O4S/c1-17-4-7-19(8-5-17)26-12-10-25(11-13-26)16-27-23(28)22(32-24(27)29)15-18-6-9-20(30-2)21(14-18)31-3/h4-9,14-15H,10-13,16H2,1-3H3/b22-15+. The molecule has 7 nitrogen and oxygen atoms in total. The zero-order chi connectivity index (χ0) is 22.7. The highest BCUT2D eigenvalue weighted by molar-refractivity contribution is 8.18. The Hall–Kier alpha value is -2.97. The lowest BCUT2D eigenvalue weighted by atomic mass is 10.2. The number of ether oxygens (including phenoxy) is 2. The van der Waals surface area contributed by atoms with Crippen molar-refractivity contribution in [1.29, 1.82) is 0 Å². The van der Waals surface area contributed by atoms with Crippen LogP contribution in [-0.4, -0.2) is 68.0 Å². The van der Waals surface area contributed by atoms with Crippen molar-refractivity contribution in [2.24, 2.45) is 0 Å². The molecule has 0 bridgehead atoms. The minimum Gasteiger partial charge on any atom is -0.493 e. The molecular formula is C24H27N3O4S. The fraction of sp³-hybridized carbons (Fsp3) is 0.333. The molecule has 2 amide bonds. The number of hydrogen-bond acceptors (Lipinski definition) is 7. The van der Waals surface area contributed by atoms with Crippen molar-refractivity contribution in [1.82, 2.24) is 9.80 Å². The summed E-state index contributed by atoms with van der Waals surface area (Å²) in [6.45, 7) is 5.71. The number of anilines is 1. The quantitative estimate of drug-likeness (QED) is 0.616. The van der Waals surface area contributed by atoms with E-state index in [0.717, 1.165) is 43.5 Å². The molecule has 0 atom stereocenters. The van der Waals surface area contributed by atoms with Gasteiger partial charge >= 0.3 is 0 Å². The van der Waals surface area contributed by atoms with Gasteiger partial charge in [-0.05, 0) is 54.6 Å². The maximum atomic E-state index is 12.9. The van der Waals surface area contributed by atoms with E-state index in [-0.39, 0.29) is 11.1 Å². The molecule has 168 valence electrons. The molecule has 4 rings (SSSR count). The van der Waals surface area contributed by atoms with Crippen LogP contribution in [0.1, 0.15) is 11.1 Å². The molecule has 2 heterocycles. The number of imide groups is 1. The molecule has 2 aliphatic heterocycles. The van der Waals surface area contributed by atoms with Crippen molar-refractivity contribution < 1.29 is 19.1 Å². The number of rotatable bonds is 6. The van der Waals surface area contributed by atoms with Gasteiger partial charge in [-0.1, -0.05) is 23.8 Å². The van der Waals surface area contributed by atoms with E-state index in [0.29, 0.717) is 23.1 Å². The maximum absolute atomic E-state index is 12.9. The molecule has 0 spiro atoms. The molecule has 2 fully saturated rings. The summed E-state index contributed by atoms with van der Waals surface area (Å²) in [6.07, 6.45) is 1.72. The summed E-state index contributed by atoms with van der Waals surface area (Å²) in [6, 6.07) is 13.9. The highest BCUT2D eigenvalue weighted by Gasteiger charge is 2.36. The Morgan fingerprint density at radius 1 is 0.938 bits per heavy atom. The van der Waals surface area contributed by atoms with E-state index < -0.39 is 0 Å². The second-order valence-electron chi connectivity index (χ2n) is 7.81. The third kappa shape index (κ3) is 4.76. The van der Waals surface area contributed by atoms with Gasteiger partial charge in [-0.25, -0.2) is 0 Å². The van der Waals surface area contributed by atoms with E-state index in [1.54, 1.807) is 32.4 Å². The molecule has 0 aromatic heterocycles. The average Bonchev–Trinajstić information content (AvgIpc) is 3.07. The van der Waals surface area contributed by atoms with Crippen LogP contribution >= 0.6 is 11.8 Å². The van der Waals surface area contributed by atoms with Gasteiger partial charge in [-0.15, -0.1) is 0 Å².